The van der Waals surface area contributed by atoms with Crippen LogP contribution in [0.3, 0.4) is 0 Å². The Balaban J connectivity index is 1.64. The first kappa shape index (κ1) is 17.6. The van der Waals surface area contributed by atoms with E-state index in [0.29, 0.717) is 38.8 Å². The number of aromatic nitrogens is 2. The molecule has 9 nitrogen and oxygen atoms in total. The van der Waals surface area contributed by atoms with Crippen LogP contribution in [-0.2, 0) is 20.9 Å². The van der Waals surface area contributed by atoms with Gasteiger partial charge in [-0.3, -0.25) is 14.5 Å². The molecule has 136 valence electrons. The minimum Gasteiger partial charge on any atom is -0.378 e. The van der Waals surface area contributed by atoms with Crippen molar-refractivity contribution in [3.8, 4) is 0 Å². The van der Waals surface area contributed by atoms with Crippen molar-refractivity contribution in [2.45, 2.75) is 19.0 Å². The van der Waals surface area contributed by atoms with Gasteiger partial charge in [0.25, 0.3) is 0 Å². The molecule has 0 saturated carbocycles. The van der Waals surface area contributed by atoms with Gasteiger partial charge in [-0.1, -0.05) is 0 Å². The fraction of sp³-hybridized carbons (Fsp3) is 0.625. The minimum absolute atomic E-state index is 0.110. The molecule has 3 heterocycles. The number of carbonyl (C=O) groups excluding carboxylic acids is 2. The molecule has 1 aromatic rings. The van der Waals surface area contributed by atoms with Crippen LogP contribution in [0.2, 0.25) is 0 Å². The second-order valence-electron chi connectivity index (χ2n) is 6.15. The number of piperazine rings is 1. The van der Waals surface area contributed by atoms with Gasteiger partial charge in [0.15, 0.2) is 0 Å². The van der Waals surface area contributed by atoms with E-state index < -0.39 is 6.04 Å². The van der Waals surface area contributed by atoms with Gasteiger partial charge in [-0.25, -0.2) is 9.97 Å². The lowest BCUT2D eigenvalue weighted by Gasteiger charge is -2.34. The maximum Gasteiger partial charge on any atom is 0.237 e. The molecule has 2 aliphatic heterocycles. The summed E-state index contributed by atoms with van der Waals surface area (Å²) in [5.41, 5.74) is 0.925. The van der Waals surface area contributed by atoms with Gasteiger partial charge in [0, 0.05) is 57.7 Å². The maximum absolute atomic E-state index is 12.1. The van der Waals surface area contributed by atoms with E-state index in [1.54, 1.807) is 19.4 Å². The fourth-order valence-corrected chi connectivity index (χ4v) is 3.04. The van der Waals surface area contributed by atoms with Crippen LogP contribution >= 0.6 is 0 Å². The van der Waals surface area contributed by atoms with Crippen molar-refractivity contribution in [3.05, 3.63) is 18.0 Å². The zero-order valence-corrected chi connectivity index (χ0v) is 14.4. The van der Waals surface area contributed by atoms with E-state index in [9.17, 15) is 9.59 Å². The molecule has 3 rings (SSSR count). The highest BCUT2D eigenvalue weighted by Gasteiger charge is 2.31. The van der Waals surface area contributed by atoms with Crippen LogP contribution in [0.1, 0.15) is 12.0 Å². The van der Waals surface area contributed by atoms with Crippen molar-refractivity contribution in [1.82, 2.24) is 25.5 Å². The number of ether oxygens (including phenoxy) is 1. The van der Waals surface area contributed by atoms with E-state index in [0.717, 1.165) is 18.7 Å². The molecule has 0 spiro atoms. The summed E-state index contributed by atoms with van der Waals surface area (Å²) in [6, 6.07) is -0.465. The molecule has 0 radical (unpaired) electrons. The second kappa shape index (κ2) is 8.21. The smallest absolute Gasteiger partial charge is 0.237 e. The van der Waals surface area contributed by atoms with Crippen molar-refractivity contribution in [2.75, 3.05) is 51.3 Å². The molecule has 9 heteroatoms. The fourth-order valence-electron chi connectivity index (χ4n) is 3.04. The number of hydrogen-bond acceptors (Lipinski definition) is 7. The summed E-state index contributed by atoms with van der Waals surface area (Å²) in [6.07, 6.45) is 3.73. The van der Waals surface area contributed by atoms with E-state index >= 15 is 0 Å². The molecule has 2 saturated heterocycles. The molecule has 2 N–H and O–H groups in total. The number of amides is 2. The van der Waals surface area contributed by atoms with Gasteiger partial charge in [-0.15, -0.1) is 0 Å². The summed E-state index contributed by atoms with van der Waals surface area (Å²) in [7, 11) is 1.58. The molecule has 2 amide bonds. The Labute approximate surface area is 146 Å². The standard InChI is InChI=1S/C16H24N6O3/c1-17-14(23)8-13-15(24)18-2-3-22(13)11-12-9-19-16(20-10-12)21-4-6-25-7-5-21/h9-10,13H,2-8,11H2,1H3,(H,17,23)(H,18,24)/t13-/m0/s1. The Kier molecular flexibility index (Phi) is 5.77. The minimum atomic E-state index is -0.465. The molecule has 0 aliphatic carbocycles. The molecule has 0 unspecified atom stereocenters. The van der Waals surface area contributed by atoms with Crippen molar-refractivity contribution in [3.63, 3.8) is 0 Å². The van der Waals surface area contributed by atoms with Gasteiger partial charge >= 0.3 is 0 Å². The van der Waals surface area contributed by atoms with Crippen LogP contribution in [0.25, 0.3) is 0 Å². The number of morpholine rings is 1. The zero-order chi connectivity index (χ0) is 17.6. The van der Waals surface area contributed by atoms with Gasteiger partial charge in [0.2, 0.25) is 17.8 Å². The third-order valence-corrected chi connectivity index (χ3v) is 4.47. The largest absolute Gasteiger partial charge is 0.378 e. The molecular formula is C16H24N6O3. The van der Waals surface area contributed by atoms with E-state index in [1.807, 2.05) is 4.90 Å². The number of carbonyl (C=O) groups is 2. The van der Waals surface area contributed by atoms with E-state index in [1.165, 1.54) is 0 Å². The molecule has 25 heavy (non-hydrogen) atoms. The molecule has 0 bridgehead atoms. The number of hydrogen-bond donors (Lipinski definition) is 2. The van der Waals surface area contributed by atoms with Gasteiger partial charge in [0.1, 0.15) is 0 Å². The lowest BCUT2D eigenvalue weighted by molar-refractivity contribution is -0.134. The van der Waals surface area contributed by atoms with Crippen LogP contribution in [0.4, 0.5) is 5.95 Å². The van der Waals surface area contributed by atoms with E-state index in [-0.39, 0.29) is 18.2 Å². The molecule has 2 aliphatic rings. The van der Waals surface area contributed by atoms with Crippen LogP contribution < -0.4 is 15.5 Å². The number of nitrogens with zero attached hydrogens (tertiary/aromatic N) is 4. The SMILES string of the molecule is CNC(=O)C[C@H]1C(=O)NCCN1Cc1cnc(N2CCOCC2)nc1. The average Bonchev–Trinajstić information content (AvgIpc) is 2.65. The Morgan fingerprint density at radius 1 is 1.32 bits per heavy atom. The Morgan fingerprint density at radius 3 is 2.72 bits per heavy atom. The summed E-state index contributed by atoms with van der Waals surface area (Å²) < 4.78 is 5.33. The lowest BCUT2D eigenvalue weighted by atomic mass is 10.1. The zero-order valence-electron chi connectivity index (χ0n) is 14.4. The first-order valence-corrected chi connectivity index (χ1v) is 8.53. The van der Waals surface area contributed by atoms with Crippen molar-refractivity contribution < 1.29 is 14.3 Å². The quantitative estimate of drug-likeness (QED) is 0.686. The van der Waals surface area contributed by atoms with E-state index in [4.69, 9.17) is 4.74 Å². The Morgan fingerprint density at radius 2 is 2.04 bits per heavy atom. The van der Waals surface area contributed by atoms with Crippen molar-refractivity contribution >= 4 is 17.8 Å². The molecule has 1 atom stereocenters. The molecular weight excluding hydrogens is 324 g/mol. The van der Waals surface area contributed by atoms with Crippen LogP contribution in [0.15, 0.2) is 12.4 Å². The van der Waals surface area contributed by atoms with E-state index in [2.05, 4.69) is 25.5 Å². The normalized spacial score (nSPS) is 21.7. The predicted octanol–water partition coefficient (Wildman–Crippen LogP) is -1.25. The Bertz CT molecular complexity index is 602. The predicted molar refractivity (Wildman–Crippen MR) is 91.0 cm³/mol. The average molecular weight is 348 g/mol. The first-order chi connectivity index (χ1) is 12.2. The summed E-state index contributed by atoms with van der Waals surface area (Å²) in [5, 5.41) is 5.39. The van der Waals surface area contributed by atoms with Crippen molar-refractivity contribution in [1.29, 1.82) is 0 Å². The number of anilines is 1. The third-order valence-electron chi connectivity index (χ3n) is 4.47. The highest BCUT2D eigenvalue weighted by molar-refractivity contribution is 5.88. The molecule has 2 fully saturated rings. The highest BCUT2D eigenvalue weighted by Crippen LogP contribution is 2.15. The van der Waals surface area contributed by atoms with Crippen LogP contribution in [0, 0.1) is 0 Å². The van der Waals surface area contributed by atoms with Crippen LogP contribution in [0.5, 0.6) is 0 Å². The third kappa shape index (κ3) is 4.43. The summed E-state index contributed by atoms with van der Waals surface area (Å²) in [4.78, 5) is 36.8. The second-order valence-corrected chi connectivity index (χ2v) is 6.15. The van der Waals surface area contributed by atoms with Gasteiger partial charge < -0.3 is 20.3 Å². The van der Waals surface area contributed by atoms with Gasteiger partial charge in [-0.2, -0.15) is 0 Å². The lowest BCUT2D eigenvalue weighted by Crippen LogP contribution is -2.56. The number of nitrogens with one attached hydrogen (secondary N) is 2. The van der Waals surface area contributed by atoms with Gasteiger partial charge in [0.05, 0.1) is 25.7 Å². The summed E-state index contributed by atoms with van der Waals surface area (Å²) in [6.45, 7) is 4.77. The number of rotatable bonds is 5. The summed E-state index contributed by atoms with van der Waals surface area (Å²) >= 11 is 0. The topological polar surface area (TPSA) is 99.7 Å². The highest BCUT2D eigenvalue weighted by atomic mass is 16.5. The summed E-state index contributed by atoms with van der Waals surface area (Å²) in [5.74, 6) is 0.442. The monoisotopic (exact) mass is 348 g/mol. The van der Waals surface area contributed by atoms with Gasteiger partial charge in [-0.05, 0) is 0 Å². The maximum atomic E-state index is 12.1. The first-order valence-electron chi connectivity index (χ1n) is 8.53. The van der Waals surface area contributed by atoms with Crippen LogP contribution in [-0.4, -0.2) is 79.2 Å². The molecule has 1 aromatic heterocycles. The van der Waals surface area contributed by atoms with Crippen molar-refractivity contribution in [2.24, 2.45) is 0 Å². The molecule has 0 aromatic carbocycles. The Hall–Kier alpha value is -2.26.